The fourth-order valence-electron chi connectivity index (χ4n) is 4.27. The van der Waals surface area contributed by atoms with Crippen LogP contribution in [-0.2, 0) is 13.1 Å². The molecule has 0 aliphatic carbocycles. The fourth-order valence-corrected chi connectivity index (χ4v) is 4.27. The lowest BCUT2D eigenvalue weighted by molar-refractivity contribution is 0.0627. The first-order chi connectivity index (χ1) is 15.2. The summed E-state index contributed by atoms with van der Waals surface area (Å²) in [6, 6.07) is 18.5. The Morgan fingerprint density at radius 1 is 0.968 bits per heavy atom. The largest absolute Gasteiger partial charge is 0.342 e. The molecule has 0 bridgehead atoms. The normalized spacial score (nSPS) is 14.9. The molecule has 1 amide bonds. The number of carbonyl (C=O) groups is 1. The Morgan fingerprint density at radius 3 is 2.45 bits per heavy atom. The number of fused-ring (bicyclic) bond motifs is 1. The van der Waals surface area contributed by atoms with E-state index in [-0.39, 0.29) is 5.91 Å². The van der Waals surface area contributed by atoms with Gasteiger partial charge in [-0.2, -0.15) is 5.10 Å². The van der Waals surface area contributed by atoms with Crippen molar-refractivity contribution >= 4 is 16.8 Å². The number of aryl methyl sites for hydroxylation is 1. The molecule has 3 heterocycles. The van der Waals surface area contributed by atoms with Gasteiger partial charge in [-0.25, -0.2) is 4.98 Å². The average Bonchev–Trinajstić information content (AvgIpc) is 3.38. The summed E-state index contributed by atoms with van der Waals surface area (Å²) >= 11 is 0. The number of piperazine rings is 1. The standard InChI is InChI=1S/C24H26N6O/c1-18-25-23(27-26-18)17-28-11-13-29(14-12-28)24(31)21-16-30(15-19-7-3-2-4-8-19)22-10-6-5-9-20(21)22/h2-10,16H,11-15,17H2,1H3,(H,25,26,27). The summed E-state index contributed by atoms with van der Waals surface area (Å²) in [6.07, 6.45) is 2.02. The molecule has 1 saturated heterocycles. The SMILES string of the molecule is Cc1nc(CN2CCN(C(=O)c3cn(Cc4ccccc4)c4ccccc34)CC2)n[nH]1. The summed E-state index contributed by atoms with van der Waals surface area (Å²) in [6.45, 7) is 6.42. The van der Waals surface area contributed by atoms with Gasteiger partial charge in [0.05, 0.1) is 12.1 Å². The van der Waals surface area contributed by atoms with Gasteiger partial charge in [-0.05, 0) is 18.6 Å². The maximum absolute atomic E-state index is 13.4. The highest BCUT2D eigenvalue weighted by Gasteiger charge is 2.25. The second kappa shape index (κ2) is 8.35. The first-order valence-electron chi connectivity index (χ1n) is 10.7. The van der Waals surface area contributed by atoms with Crippen molar-refractivity contribution in [3.05, 3.63) is 83.6 Å². The lowest BCUT2D eigenvalue weighted by atomic mass is 10.1. The van der Waals surface area contributed by atoms with Gasteiger partial charge in [-0.1, -0.05) is 48.5 Å². The van der Waals surface area contributed by atoms with Gasteiger partial charge in [0.15, 0.2) is 5.82 Å². The van der Waals surface area contributed by atoms with Gasteiger partial charge in [0.25, 0.3) is 5.91 Å². The van der Waals surface area contributed by atoms with Crippen molar-refractivity contribution in [3.8, 4) is 0 Å². The predicted molar refractivity (Wildman–Crippen MR) is 120 cm³/mol. The molecule has 1 fully saturated rings. The highest BCUT2D eigenvalue weighted by molar-refractivity contribution is 6.07. The molecule has 5 rings (SSSR count). The van der Waals surface area contributed by atoms with Crippen LogP contribution in [0.3, 0.4) is 0 Å². The van der Waals surface area contributed by atoms with E-state index in [9.17, 15) is 4.79 Å². The quantitative estimate of drug-likeness (QED) is 0.545. The molecule has 158 valence electrons. The Kier molecular flexibility index (Phi) is 5.26. The number of benzene rings is 2. The lowest BCUT2D eigenvalue weighted by Crippen LogP contribution is -2.48. The second-order valence-corrected chi connectivity index (χ2v) is 8.08. The maximum atomic E-state index is 13.4. The number of carbonyl (C=O) groups excluding carboxylic acids is 1. The fraction of sp³-hybridized carbons (Fsp3) is 0.292. The first kappa shape index (κ1) is 19.5. The molecule has 7 heteroatoms. The third-order valence-electron chi connectivity index (χ3n) is 5.88. The van der Waals surface area contributed by atoms with E-state index < -0.39 is 0 Å². The molecule has 0 unspecified atom stereocenters. The molecule has 0 atom stereocenters. The Morgan fingerprint density at radius 2 is 1.71 bits per heavy atom. The summed E-state index contributed by atoms with van der Waals surface area (Å²) in [4.78, 5) is 22.1. The van der Waals surface area contributed by atoms with E-state index in [1.54, 1.807) is 0 Å². The molecule has 0 spiro atoms. The van der Waals surface area contributed by atoms with Crippen LogP contribution in [0, 0.1) is 6.92 Å². The minimum absolute atomic E-state index is 0.108. The van der Waals surface area contributed by atoms with Crippen LogP contribution in [0.5, 0.6) is 0 Å². The van der Waals surface area contributed by atoms with Crippen LogP contribution in [0.15, 0.2) is 60.8 Å². The smallest absolute Gasteiger partial charge is 0.256 e. The highest BCUT2D eigenvalue weighted by Crippen LogP contribution is 2.24. The van der Waals surface area contributed by atoms with Gasteiger partial charge in [-0.3, -0.25) is 14.8 Å². The van der Waals surface area contributed by atoms with Crippen LogP contribution in [0.1, 0.15) is 27.6 Å². The van der Waals surface area contributed by atoms with Crippen LogP contribution in [0.4, 0.5) is 0 Å². The van der Waals surface area contributed by atoms with Crippen LogP contribution in [0.25, 0.3) is 10.9 Å². The number of aromatic amines is 1. The van der Waals surface area contributed by atoms with Crippen molar-refractivity contribution in [2.24, 2.45) is 0 Å². The highest BCUT2D eigenvalue weighted by atomic mass is 16.2. The van der Waals surface area contributed by atoms with Gasteiger partial charge in [0.1, 0.15) is 5.82 Å². The van der Waals surface area contributed by atoms with E-state index in [1.165, 1.54) is 5.56 Å². The molecule has 2 aromatic carbocycles. The molecule has 4 aromatic rings. The van der Waals surface area contributed by atoms with E-state index in [0.29, 0.717) is 19.6 Å². The Hall–Kier alpha value is -3.45. The van der Waals surface area contributed by atoms with Crippen molar-refractivity contribution in [1.29, 1.82) is 0 Å². The number of rotatable bonds is 5. The van der Waals surface area contributed by atoms with Crippen LogP contribution < -0.4 is 0 Å². The number of amides is 1. The minimum atomic E-state index is 0.108. The third kappa shape index (κ3) is 4.09. The first-order valence-corrected chi connectivity index (χ1v) is 10.7. The summed E-state index contributed by atoms with van der Waals surface area (Å²) < 4.78 is 2.18. The molecular formula is C24H26N6O. The van der Waals surface area contributed by atoms with Gasteiger partial charge in [-0.15, -0.1) is 0 Å². The van der Waals surface area contributed by atoms with Gasteiger partial charge >= 0.3 is 0 Å². The minimum Gasteiger partial charge on any atom is -0.342 e. The summed E-state index contributed by atoms with van der Waals surface area (Å²) in [5, 5.41) is 8.13. The van der Waals surface area contributed by atoms with E-state index >= 15 is 0 Å². The summed E-state index contributed by atoms with van der Waals surface area (Å²) in [5.74, 6) is 1.74. The van der Waals surface area contributed by atoms with E-state index in [2.05, 4.69) is 42.8 Å². The number of para-hydroxylation sites is 1. The molecule has 31 heavy (non-hydrogen) atoms. The van der Waals surface area contributed by atoms with E-state index in [0.717, 1.165) is 47.7 Å². The van der Waals surface area contributed by atoms with Crippen molar-refractivity contribution in [1.82, 2.24) is 29.5 Å². The third-order valence-corrected chi connectivity index (χ3v) is 5.88. The monoisotopic (exact) mass is 414 g/mol. The molecule has 0 saturated carbocycles. The summed E-state index contributed by atoms with van der Waals surface area (Å²) in [5.41, 5.74) is 3.09. The van der Waals surface area contributed by atoms with Gasteiger partial charge < -0.3 is 9.47 Å². The Labute approximate surface area is 181 Å². The van der Waals surface area contributed by atoms with Crippen molar-refractivity contribution in [2.75, 3.05) is 26.2 Å². The number of nitrogens with zero attached hydrogens (tertiary/aromatic N) is 5. The molecule has 7 nitrogen and oxygen atoms in total. The number of H-pyrrole nitrogens is 1. The number of aromatic nitrogens is 4. The Bertz CT molecular complexity index is 1190. The second-order valence-electron chi connectivity index (χ2n) is 8.08. The number of hydrogen-bond donors (Lipinski definition) is 1. The Balaban J connectivity index is 1.32. The van der Waals surface area contributed by atoms with Crippen molar-refractivity contribution in [2.45, 2.75) is 20.0 Å². The number of hydrogen-bond acceptors (Lipinski definition) is 4. The van der Waals surface area contributed by atoms with Crippen molar-refractivity contribution < 1.29 is 4.79 Å². The molecule has 1 aliphatic rings. The van der Waals surface area contributed by atoms with Gasteiger partial charge in [0.2, 0.25) is 0 Å². The molecule has 1 N–H and O–H groups in total. The van der Waals surface area contributed by atoms with Crippen LogP contribution in [0.2, 0.25) is 0 Å². The zero-order chi connectivity index (χ0) is 21.2. The summed E-state index contributed by atoms with van der Waals surface area (Å²) in [7, 11) is 0. The van der Waals surface area contributed by atoms with Crippen LogP contribution >= 0.6 is 0 Å². The number of nitrogens with one attached hydrogen (secondary N) is 1. The predicted octanol–water partition coefficient (Wildman–Crippen LogP) is 3.07. The zero-order valence-corrected chi connectivity index (χ0v) is 17.7. The lowest BCUT2D eigenvalue weighted by Gasteiger charge is -2.34. The molecule has 0 radical (unpaired) electrons. The van der Waals surface area contributed by atoms with E-state index in [4.69, 9.17) is 0 Å². The van der Waals surface area contributed by atoms with Crippen LogP contribution in [-0.4, -0.2) is 61.6 Å². The molecule has 1 aliphatic heterocycles. The van der Waals surface area contributed by atoms with Gasteiger partial charge in [0, 0.05) is 49.8 Å². The molecular weight excluding hydrogens is 388 g/mol. The maximum Gasteiger partial charge on any atom is 0.256 e. The topological polar surface area (TPSA) is 70.1 Å². The van der Waals surface area contributed by atoms with Crippen molar-refractivity contribution in [3.63, 3.8) is 0 Å². The average molecular weight is 415 g/mol. The zero-order valence-electron chi connectivity index (χ0n) is 17.7. The molecule has 2 aromatic heterocycles. The van der Waals surface area contributed by atoms with E-state index in [1.807, 2.05) is 54.4 Å².